The van der Waals surface area contributed by atoms with Gasteiger partial charge < -0.3 is 5.32 Å². The van der Waals surface area contributed by atoms with Gasteiger partial charge in [-0.15, -0.1) is 11.3 Å². The van der Waals surface area contributed by atoms with E-state index in [0.717, 1.165) is 32.7 Å². The maximum absolute atomic E-state index is 12.3. The van der Waals surface area contributed by atoms with Gasteiger partial charge in [0, 0.05) is 37.6 Å². The molecular formula is C20H27N3OS. The molecule has 1 fully saturated rings. The number of benzene rings is 1. The lowest BCUT2D eigenvalue weighted by atomic mass is 10.1. The molecule has 2 aromatic rings. The van der Waals surface area contributed by atoms with Crippen LogP contribution in [0.15, 0.2) is 41.8 Å². The number of hydrogen-bond donors (Lipinski definition) is 1. The molecule has 0 saturated carbocycles. The third kappa shape index (κ3) is 5.39. The number of carbonyl (C=O) groups excluding carboxylic acids is 1. The van der Waals surface area contributed by atoms with Crippen molar-refractivity contribution in [2.75, 3.05) is 32.7 Å². The average Bonchev–Trinajstić information content (AvgIpc) is 3.11. The Labute approximate surface area is 154 Å². The zero-order chi connectivity index (χ0) is 17.6. The van der Waals surface area contributed by atoms with E-state index in [1.165, 1.54) is 16.0 Å². The molecule has 1 saturated heterocycles. The number of aryl methyl sites for hydroxylation is 1. The van der Waals surface area contributed by atoms with E-state index in [1.54, 1.807) is 11.3 Å². The molecule has 1 N–H and O–H groups in total. The van der Waals surface area contributed by atoms with Crippen molar-refractivity contribution in [1.82, 2.24) is 15.1 Å². The van der Waals surface area contributed by atoms with Crippen LogP contribution in [0.4, 0.5) is 0 Å². The number of thiophene rings is 1. The molecule has 5 heteroatoms. The molecular weight excluding hydrogens is 330 g/mol. The summed E-state index contributed by atoms with van der Waals surface area (Å²) in [6.45, 7) is 9.61. The normalized spacial score (nSPS) is 17.4. The summed E-state index contributed by atoms with van der Waals surface area (Å²) in [6, 6.07) is 12.9. The minimum absolute atomic E-state index is 0.0927. The molecule has 3 rings (SSSR count). The molecule has 25 heavy (non-hydrogen) atoms. The minimum atomic E-state index is 0.0927. The van der Waals surface area contributed by atoms with Crippen LogP contribution in [0, 0.1) is 6.92 Å². The molecule has 134 valence electrons. The van der Waals surface area contributed by atoms with Crippen molar-refractivity contribution in [1.29, 1.82) is 0 Å². The lowest BCUT2D eigenvalue weighted by molar-refractivity contribution is -0.123. The van der Waals surface area contributed by atoms with Crippen LogP contribution >= 0.6 is 11.3 Å². The van der Waals surface area contributed by atoms with Gasteiger partial charge in [-0.3, -0.25) is 14.6 Å². The van der Waals surface area contributed by atoms with Gasteiger partial charge >= 0.3 is 0 Å². The van der Waals surface area contributed by atoms with E-state index in [4.69, 9.17) is 0 Å². The van der Waals surface area contributed by atoms with Crippen molar-refractivity contribution in [2.45, 2.75) is 26.4 Å². The maximum Gasteiger partial charge on any atom is 0.234 e. The highest BCUT2D eigenvalue weighted by Crippen LogP contribution is 2.18. The predicted molar refractivity (Wildman–Crippen MR) is 104 cm³/mol. The average molecular weight is 358 g/mol. The molecule has 0 unspecified atom stereocenters. The molecule has 1 amide bonds. The lowest BCUT2D eigenvalue weighted by Crippen LogP contribution is -2.49. The fourth-order valence-corrected chi connectivity index (χ4v) is 4.01. The SMILES string of the molecule is Cc1cccc(CN2CCN(CC(=O)N[C@H](C)c3cccs3)CC2)c1. The first-order valence-corrected chi connectivity index (χ1v) is 9.81. The van der Waals surface area contributed by atoms with E-state index >= 15 is 0 Å². The topological polar surface area (TPSA) is 35.6 Å². The number of rotatable bonds is 6. The minimum Gasteiger partial charge on any atom is -0.348 e. The first kappa shape index (κ1) is 18.1. The molecule has 0 spiro atoms. The molecule has 1 aromatic carbocycles. The molecule has 0 aliphatic carbocycles. The van der Waals surface area contributed by atoms with Crippen molar-refractivity contribution in [2.24, 2.45) is 0 Å². The Morgan fingerprint density at radius 1 is 1.16 bits per heavy atom. The molecule has 1 aliphatic heterocycles. The van der Waals surface area contributed by atoms with E-state index in [1.807, 2.05) is 18.4 Å². The summed E-state index contributed by atoms with van der Waals surface area (Å²) < 4.78 is 0. The van der Waals surface area contributed by atoms with E-state index in [0.29, 0.717) is 6.54 Å². The Kier molecular flexibility index (Phi) is 6.24. The summed E-state index contributed by atoms with van der Waals surface area (Å²) in [5, 5.41) is 5.15. The summed E-state index contributed by atoms with van der Waals surface area (Å²) >= 11 is 1.69. The van der Waals surface area contributed by atoms with Gasteiger partial charge in [-0.1, -0.05) is 35.9 Å². The summed E-state index contributed by atoms with van der Waals surface area (Å²) in [6.07, 6.45) is 0. The monoisotopic (exact) mass is 357 g/mol. The molecule has 2 heterocycles. The number of hydrogen-bond acceptors (Lipinski definition) is 4. The second-order valence-corrected chi connectivity index (χ2v) is 7.83. The Hall–Kier alpha value is -1.69. The van der Waals surface area contributed by atoms with Crippen molar-refractivity contribution >= 4 is 17.2 Å². The smallest absolute Gasteiger partial charge is 0.234 e. The van der Waals surface area contributed by atoms with Gasteiger partial charge in [0.05, 0.1) is 12.6 Å². The Balaban J connectivity index is 1.41. The van der Waals surface area contributed by atoms with E-state index in [2.05, 4.69) is 52.4 Å². The van der Waals surface area contributed by atoms with Crippen LogP contribution in [0.1, 0.15) is 29.0 Å². The van der Waals surface area contributed by atoms with Crippen molar-refractivity contribution < 1.29 is 4.79 Å². The summed E-state index contributed by atoms with van der Waals surface area (Å²) in [4.78, 5) is 18.2. The molecule has 1 atom stereocenters. The Bertz CT molecular complexity index is 678. The van der Waals surface area contributed by atoms with Gasteiger partial charge in [0.2, 0.25) is 5.91 Å². The quantitative estimate of drug-likeness (QED) is 0.863. The first-order chi connectivity index (χ1) is 12.1. The molecule has 1 aromatic heterocycles. The van der Waals surface area contributed by atoms with Gasteiger partial charge in [-0.25, -0.2) is 0 Å². The predicted octanol–water partition coefficient (Wildman–Crippen LogP) is 3.05. The number of nitrogens with one attached hydrogen (secondary N) is 1. The second kappa shape index (κ2) is 8.61. The molecule has 4 nitrogen and oxygen atoms in total. The number of carbonyl (C=O) groups is 1. The zero-order valence-corrected chi connectivity index (χ0v) is 15.9. The standard InChI is InChI=1S/C20H27N3OS/c1-16-5-3-6-18(13-16)14-22-8-10-23(11-9-22)15-20(24)21-17(2)19-7-4-12-25-19/h3-7,12-13,17H,8-11,14-15H2,1-2H3,(H,21,24)/t17-/m1/s1. The zero-order valence-electron chi connectivity index (χ0n) is 15.1. The van der Waals surface area contributed by atoms with Gasteiger partial charge in [-0.05, 0) is 30.9 Å². The fraction of sp³-hybridized carbons (Fsp3) is 0.450. The summed E-state index contributed by atoms with van der Waals surface area (Å²) in [5.41, 5.74) is 2.68. The first-order valence-electron chi connectivity index (χ1n) is 8.93. The highest BCUT2D eigenvalue weighted by Gasteiger charge is 2.20. The largest absolute Gasteiger partial charge is 0.348 e. The summed E-state index contributed by atoms with van der Waals surface area (Å²) in [5.74, 6) is 0.119. The maximum atomic E-state index is 12.3. The number of amides is 1. The number of nitrogens with zero attached hydrogens (tertiary/aromatic N) is 2. The van der Waals surface area contributed by atoms with E-state index in [9.17, 15) is 4.79 Å². The van der Waals surface area contributed by atoms with Gasteiger partial charge in [-0.2, -0.15) is 0 Å². The van der Waals surface area contributed by atoms with Crippen LogP contribution in [0.3, 0.4) is 0 Å². The molecule has 0 radical (unpaired) electrons. The van der Waals surface area contributed by atoms with Crippen LogP contribution in [-0.4, -0.2) is 48.4 Å². The van der Waals surface area contributed by atoms with Gasteiger partial charge in [0.15, 0.2) is 0 Å². The summed E-state index contributed by atoms with van der Waals surface area (Å²) in [7, 11) is 0. The fourth-order valence-electron chi connectivity index (χ4n) is 3.27. The third-order valence-electron chi connectivity index (χ3n) is 4.67. The highest BCUT2D eigenvalue weighted by atomic mass is 32.1. The lowest BCUT2D eigenvalue weighted by Gasteiger charge is -2.34. The van der Waals surface area contributed by atoms with Gasteiger partial charge in [0.1, 0.15) is 0 Å². The Morgan fingerprint density at radius 3 is 2.60 bits per heavy atom. The Morgan fingerprint density at radius 2 is 1.92 bits per heavy atom. The molecule has 0 bridgehead atoms. The number of piperazine rings is 1. The van der Waals surface area contributed by atoms with E-state index < -0.39 is 0 Å². The van der Waals surface area contributed by atoms with Crippen LogP contribution < -0.4 is 5.32 Å². The van der Waals surface area contributed by atoms with Crippen molar-refractivity contribution in [3.8, 4) is 0 Å². The van der Waals surface area contributed by atoms with Crippen molar-refractivity contribution in [3.05, 3.63) is 57.8 Å². The van der Waals surface area contributed by atoms with Crippen LogP contribution in [0.2, 0.25) is 0 Å². The van der Waals surface area contributed by atoms with Gasteiger partial charge in [0.25, 0.3) is 0 Å². The molecule has 1 aliphatic rings. The second-order valence-electron chi connectivity index (χ2n) is 6.85. The van der Waals surface area contributed by atoms with Crippen molar-refractivity contribution in [3.63, 3.8) is 0 Å². The van der Waals surface area contributed by atoms with Crippen LogP contribution in [-0.2, 0) is 11.3 Å². The third-order valence-corrected chi connectivity index (χ3v) is 5.72. The van der Waals surface area contributed by atoms with Crippen LogP contribution in [0.5, 0.6) is 0 Å². The van der Waals surface area contributed by atoms with E-state index in [-0.39, 0.29) is 11.9 Å². The van der Waals surface area contributed by atoms with Crippen LogP contribution in [0.25, 0.3) is 0 Å². The highest BCUT2D eigenvalue weighted by molar-refractivity contribution is 7.10.